The summed E-state index contributed by atoms with van der Waals surface area (Å²) in [6.45, 7) is 3.02. The lowest BCUT2D eigenvalue weighted by Gasteiger charge is -2.25. The maximum atomic E-state index is 11.4. The van der Waals surface area contributed by atoms with Crippen molar-refractivity contribution in [2.45, 2.75) is 38.4 Å². The van der Waals surface area contributed by atoms with Crippen LogP contribution in [0, 0.1) is 0 Å². The topological polar surface area (TPSA) is 35.5 Å². The number of benzene rings is 1. The second-order valence-electron chi connectivity index (χ2n) is 5.15. The second kappa shape index (κ2) is 4.48. The van der Waals surface area contributed by atoms with Crippen LogP contribution in [0.5, 0.6) is 0 Å². The Bertz CT molecular complexity index is 473. The molecule has 0 bridgehead atoms. The predicted octanol–water partition coefficient (Wildman–Crippen LogP) is 2.51. The van der Waals surface area contributed by atoms with E-state index in [-0.39, 0.29) is 11.6 Å². The fourth-order valence-corrected chi connectivity index (χ4v) is 2.88. The summed E-state index contributed by atoms with van der Waals surface area (Å²) in [4.78, 5) is 11.4. The Labute approximate surface area is 107 Å². The summed E-state index contributed by atoms with van der Waals surface area (Å²) in [5, 5.41) is 0. The smallest absolute Gasteiger partial charge is 0.169 e. The van der Waals surface area contributed by atoms with Crippen LogP contribution in [0.3, 0.4) is 0 Å². The van der Waals surface area contributed by atoms with Gasteiger partial charge in [0.15, 0.2) is 11.6 Å². The van der Waals surface area contributed by atoms with Crippen molar-refractivity contribution in [1.29, 1.82) is 0 Å². The van der Waals surface area contributed by atoms with Crippen LogP contribution in [0.4, 0.5) is 0 Å². The van der Waals surface area contributed by atoms with Crippen LogP contribution in [0.15, 0.2) is 18.2 Å². The molecule has 1 aromatic rings. The molecule has 1 aliphatic carbocycles. The van der Waals surface area contributed by atoms with Gasteiger partial charge in [-0.15, -0.1) is 0 Å². The third-order valence-electron chi connectivity index (χ3n) is 3.98. The lowest BCUT2D eigenvalue weighted by Crippen LogP contribution is -2.30. The molecule has 3 nitrogen and oxygen atoms in total. The van der Waals surface area contributed by atoms with Gasteiger partial charge in [0.25, 0.3) is 0 Å². The number of hydrogen-bond donors (Lipinski definition) is 0. The van der Waals surface area contributed by atoms with Gasteiger partial charge in [0.2, 0.25) is 0 Å². The van der Waals surface area contributed by atoms with E-state index in [2.05, 4.69) is 6.07 Å². The zero-order chi connectivity index (χ0) is 12.6. The number of hydrogen-bond acceptors (Lipinski definition) is 3. The SMILES string of the molecule is CC(=O)c1ccc2c(c1)CCC1(CC2)OCCO1. The number of ether oxygens (including phenoxy) is 2. The van der Waals surface area contributed by atoms with Gasteiger partial charge in [0.1, 0.15) is 0 Å². The van der Waals surface area contributed by atoms with Crippen molar-refractivity contribution in [1.82, 2.24) is 0 Å². The summed E-state index contributed by atoms with van der Waals surface area (Å²) in [5.74, 6) is -0.236. The van der Waals surface area contributed by atoms with Crippen molar-refractivity contribution in [2.24, 2.45) is 0 Å². The van der Waals surface area contributed by atoms with Crippen LogP contribution in [-0.4, -0.2) is 24.8 Å². The first kappa shape index (κ1) is 11.9. The van der Waals surface area contributed by atoms with E-state index in [9.17, 15) is 4.79 Å². The van der Waals surface area contributed by atoms with E-state index in [1.165, 1.54) is 11.1 Å². The van der Waals surface area contributed by atoms with Gasteiger partial charge >= 0.3 is 0 Å². The molecule has 1 spiro atoms. The quantitative estimate of drug-likeness (QED) is 0.714. The molecular weight excluding hydrogens is 228 g/mol. The van der Waals surface area contributed by atoms with E-state index >= 15 is 0 Å². The molecular formula is C15H18O3. The molecule has 2 aliphatic rings. The number of aryl methyl sites for hydroxylation is 2. The van der Waals surface area contributed by atoms with Gasteiger partial charge in [-0.2, -0.15) is 0 Å². The van der Waals surface area contributed by atoms with Crippen LogP contribution >= 0.6 is 0 Å². The van der Waals surface area contributed by atoms with Crippen LogP contribution in [0.25, 0.3) is 0 Å². The lowest BCUT2D eigenvalue weighted by molar-refractivity contribution is -0.164. The zero-order valence-electron chi connectivity index (χ0n) is 10.7. The van der Waals surface area contributed by atoms with E-state index in [1.54, 1.807) is 6.92 Å². The van der Waals surface area contributed by atoms with E-state index in [0.717, 1.165) is 31.2 Å². The summed E-state index contributed by atoms with van der Waals surface area (Å²) < 4.78 is 11.6. The molecule has 1 aliphatic heterocycles. The van der Waals surface area contributed by atoms with Crippen molar-refractivity contribution in [2.75, 3.05) is 13.2 Å². The molecule has 3 rings (SSSR count). The normalized spacial score (nSPS) is 21.6. The number of Topliss-reactive ketones (excluding diaryl/α,β-unsaturated/α-hetero) is 1. The number of rotatable bonds is 1. The van der Waals surface area contributed by atoms with Crippen LogP contribution < -0.4 is 0 Å². The third kappa shape index (κ3) is 2.08. The molecule has 0 radical (unpaired) electrons. The fraction of sp³-hybridized carbons (Fsp3) is 0.533. The highest BCUT2D eigenvalue weighted by molar-refractivity contribution is 5.94. The maximum Gasteiger partial charge on any atom is 0.169 e. The fourth-order valence-electron chi connectivity index (χ4n) is 2.88. The average molecular weight is 246 g/mol. The molecule has 0 atom stereocenters. The molecule has 0 amide bonds. The highest BCUT2D eigenvalue weighted by Crippen LogP contribution is 2.34. The van der Waals surface area contributed by atoms with E-state index < -0.39 is 0 Å². The van der Waals surface area contributed by atoms with Crippen molar-refractivity contribution >= 4 is 5.78 Å². The Kier molecular flexibility index (Phi) is 2.96. The molecule has 0 aromatic heterocycles. The molecule has 1 heterocycles. The van der Waals surface area contributed by atoms with Crippen LogP contribution in [0.1, 0.15) is 41.3 Å². The molecule has 0 unspecified atom stereocenters. The average Bonchev–Trinajstić information content (AvgIpc) is 2.75. The number of carbonyl (C=O) groups excluding carboxylic acids is 1. The Morgan fingerprint density at radius 2 is 1.78 bits per heavy atom. The standard InChI is InChI=1S/C15H18O3/c1-11(16)13-3-2-12-4-6-15(17-8-9-18-15)7-5-14(12)10-13/h2-3,10H,4-9H2,1H3. The van der Waals surface area contributed by atoms with Gasteiger partial charge in [-0.3, -0.25) is 4.79 Å². The first-order valence-electron chi connectivity index (χ1n) is 6.59. The summed E-state index contributed by atoms with van der Waals surface area (Å²) in [6.07, 6.45) is 3.70. The molecule has 18 heavy (non-hydrogen) atoms. The van der Waals surface area contributed by atoms with Gasteiger partial charge in [0, 0.05) is 18.4 Å². The van der Waals surface area contributed by atoms with Crippen LogP contribution in [0.2, 0.25) is 0 Å². The summed E-state index contributed by atoms with van der Waals surface area (Å²) in [7, 11) is 0. The molecule has 1 saturated heterocycles. The minimum atomic E-state index is -0.366. The van der Waals surface area contributed by atoms with Crippen LogP contribution in [-0.2, 0) is 22.3 Å². The Morgan fingerprint density at radius 1 is 1.11 bits per heavy atom. The molecule has 96 valence electrons. The Balaban J connectivity index is 1.87. The maximum absolute atomic E-state index is 11.4. The van der Waals surface area contributed by atoms with E-state index in [0.29, 0.717) is 13.2 Å². The Morgan fingerprint density at radius 3 is 2.44 bits per heavy atom. The first-order chi connectivity index (χ1) is 8.69. The van der Waals surface area contributed by atoms with Gasteiger partial charge in [0.05, 0.1) is 13.2 Å². The predicted molar refractivity (Wildman–Crippen MR) is 67.7 cm³/mol. The summed E-state index contributed by atoms with van der Waals surface area (Å²) >= 11 is 0. The highest BCUT2D eigenvalue weighted by atomic mass is 16.7. The zero-order valence-corrected chi connectivity index (χ0v) is 10.7. The molecule has 3 heteroatoms. The third-order valence-corrected chi connectivity index (χ3v) is 3.98. The van der Waals surface area contributed by atoms with Crippen molar-refractivity contribution in [3.05, 3.63) is 34.9 Å². The van der Waals surface area contributed by atoms with Gasteiger partial charge in [-0.25, -0.2) is 0 Å². The first-order valence-corrected chi connectivity index (χ1v) is 6.59. The Hall–Kier alpha value is -1.19. The number of fused-ring (bicyclic) bond motifs is 1. The lowest BCUT2D eigenvalue weighted by atomic mass is 9.99. The van der Waals surface area contributed by atoms with Gasteiger partial charge in [-0.05, 0) is 37.0 Å². The number of carbonyl (C=O) groups is 1. The van der Waals surface area contributed by atoms with Crippen molar-refractivity contribution < 1.29 is 14.3 Å². The summed E-state index contributed by atoms with van der Waals surface area (Å²) in [6, 6.07) is 6.04. The van der Waals surface area contributed by atoms with Crippen molar-refractivity contribution in [3.63, 3.8) is 0 Å². The molecule has 1 fully saturated rings. The minimum absolute atomic E-state index is 0.130. The molecule has 0 N–H and O–H groups in total. The molecule has 1 aromatic carbocycles. The van der Waals surface area contributed by atoms with Gasteiger partial charge < -0.3 is 9.47 Å². The molecule has 0 saturated carbocycles. The number of ketones is 1. The highest BCUT2D eigenvalue weighted by Gasteiger charge is 2.37. The minimum Gasteiger partial charge on any atom is -0.348 e. The monoisotopic (exact) mass is 246 g/mol. The second-order valence-corrected chi connectivity index (χ2v) is 5.15. The summed E-state index contributed by atoms with van der Waals surface area (Å²) in [5.41, 5.74) is 3.41. The van der Waals surface area contributed by atoms with Gasteiger partial charge in [-0.1, -0.05) is 12.1 Å². The van der Waals surface area contributed by atoms with E-state index in [4.69, 9.17) is 9.47 Å². The largest absolute Gasteiger partial charge is 0.348 e. The van der Waals surface area contributed by atoms with Crippen molar-refractivity contribution in [3.8, 4) is 0 Å². The van der Waals surface area contributed by atoms with E-state index in [1.807, 2.05) is 12.1 Å².